The van der Waals surface area contributed by atoms with E-state index in [1.54, 1.807) is 12.1 Å². The van der Waals surface area contributed by atoms with Crippen molar-refractivity contribution in [2.45, 2.75) is 39.0 Å². The highest BCUT2D eigenvalue weighted by Crippen LogP contribution is 2.35. The van der Waals surface area contributed by atoms with Crippen LogP contribution in [0.2, 0.25) is 5.02 Å². The molecule has 1 aliphatic rings. The zero-order valence-corrected chi connectivity index (χ0v) is 12.0. The van der Waals surface area contributed by atoms with Crippen LogP contribution in [-0.4, -0.2) is 17.6 Å². The van der Waals surface area contributed by atoms with Crippen molar-refractivity contribution in [1.29, 1.82) is 0 Å². The lowest BCUT2D eigenvalue weighted by Gasteiger charge is -2.33. The number of hydrogen-bond donors (Lipinski definition) is 2. The normalized spacial score (nSPS) is 18.0. The summed E-state index contributed by atoms with van der Waals surface area (Å²) in [5.74, 6) is -0.306. The lowest BCUT2D eigenvalue weighted by atomic mass is 9.76. The van der Waals surface area contributed by atoms with Crippen LogP contribution in [0.5, 0.6) is 5.75 Å². The first-order chi connectivity index (χ1) is 9.00. The number of phenols is 1. The third kappa shape index (κ3) is 3.63. The molecule has 0 radical (unpaired) electrons. The Morgan fingerprint density at radius 2 is 2.05 bits per heavy atom. The van der Waals surface area contributed by atoms with E-state index in [0.717, 1.165) is 12.8 Å². The van der Waals surface area contributed by atoms with E-state index >= 15 is 0 Å². The third-order valence-electron chi connectivity index (χ3n) is 3.94. The predicted octanol–water partition coefficient (Wildman–Crippen LogP) is 3.75. The summed E-state index contributed by atoms with van der Waals surface area (Å²) < 4.78 is 0. The number of phenolic OH excluding ortho intramolecular Hbond substituents is 1. The summed E-state index contributed by atoms with van der Waals surface area (Å²) in [7, 11) is 0. The average molecular weight is 282 g/mol. The zero-order valence-electron chi connectivity index (χ0n) is 11.2. The Labute approximate surface area is 119 Å². The second kappa shape index (κ2) is 5.83. The van der Waals surface area contributed by atoms with Gasteiger partial charge in [-0.05, 0) is 36.5 Å². The molecule has 104 valence electrons. The van der Waals surface area contributed by atoms with E-state index in [4.69, 9.17) is 11.6 Å². The van der Waals surface area contributed by atoms with Gasteiger partial charge in [0.15, 0.2) is 0 Å². The fourth-order valence-electron chi connectivity index (χ4n) is 2.67. The number of halogens is 1. The second-order valence-electron chi connectivity index (χ2n) is 5.72. The summed E-state index contributed by atoms with van der Waals surface area (Å²) in [5, 5.41) is 13.1. The zero-order chi connectivity index (χ0) is 13.9. The van der Waals surface area contributed by atoms with Crippen molar-refractivity contribution in [3.8, 4) is 5.75 Å². The van der Waals surface area contributed by atoms with E-state index in [1.165, 1.54) is 25.3 Å². The minimum absolute atomic E-state index is 0.0706. The molecule has 1 fully saturated rings. The fourth-order valence-corrected chi connectivity index (χ4v) is 2.83. The van der Waals surface area contributed by atoms with Crippen LogP contribution in [0.15, 0.2) is 18.2 Å². The molecule has 0 bridgehead atoms. The van der Waals surface area contributed by atoms with Gasteiger partial charge in [0.05, 0.1) is 5.56 Å². The van der Waals surface area contributed by atoms with Crippen LogP contribution in [0, 0.1) is 5.41 Å². The molecule has 0 atom stereocenters. The Balaban J connectivity index is 1.97. The van der Waals surface area contributed by atoms with E-state index in [1.807, 2.05) is 0 Å². The van der Waals surface area contributed by atoms with Crippen molar-refractivity contribution in [2.75, 3.05) is 6.54 Å². The number of carbonyl (C=O) groups is 1. The molecule has 1 amide bonds. The molecule has 1 aromatic carbocycles. The molecular weight excluding hydrogens is 262 g/mol. The quantitative estimate of drug-likeness (QED) is 0.886. The molecule has 1 aromatic rings. The van der Waals surface area contributed by atoms with Crippen LogP contribution in [0.4, 0.5) is 0 Å². The molecule has 1 saturated carbocycles. The van der Waals surface area contributed by atoms with Crippen molar-refractivity contribution < 1.29 is 9.90 Å². The SMILES string of the molecule is CC1(CNC(=O)c2ccc(Cl)cc2O)CCCCC1. The van der Waals surface area contributed by atoms with Crippen LogP contribution in [0.3, 0.4) is 0 Å². The Morgan fingerprint density at radius 3 is 2.68 bits per heavy atom. The monoisotopic (exact) mass is 281 g/mol. The molecule has 0 heterocycles. The summed E-state index contributed by atoms with van der Waals surface area (Å²) in [6.07, 6.45) is 6.07. The lowest BCUT2D eigenvalue weighted by molar-refractivity contribution is 0.0916. The molecule has 2 rings (SSSR count). The van der Waals surface area contributed by atoms with Gasteiger partial charge in [0.2, 0.25) is 0 Å². The summed E-state index contributed by atoms with van der Waals surface area (Å²) in [6.45, 7) is 2.88. The van der Waals surface area contributed by atoms with Crippen molar-refractivity contribution in [3.05, 3.63) is 28.8 Å². The minimum Gasteiger partial charge on any atom is -0.507 e. The lowest BCUT2D eigenvalue weighted by Crippen LogP contribution is -2.37. The maximum absolute atomic E-state index is 12.0. The van der Waals surface area contributed by atoms with Crippen LogP contribution < -0.4 is 5.32 Å². The van der Waals surface area contributed by atoms with Crippen molar-refractivity contribution in [2.24, 2.45) is 5.41 Å². The highest BCUT2D eigenvalue weighted by molar-refractivity contribution is 6.30. The minimum atomic E-state index is -0.235. The van der Waals surface area contributed by atoms with Gasteiger partial charge < -0.3 is 10.4 Å². The standard InChI is InChI=1S/C15H20ClNO2/c1-15(7-3-2-4-8-15)10-17-14(19)12-6-5-11(16)9-13(12)18/h5-6,9,18H,2-4,7-8,10H2,1H3,(H,17,19). The highest BCUT2D eigenvalue weighted by Gasteiger charge is 2.27. The topological polar surface area (TPSA) is 49.3 Å². The number of hydrogen-bond acceptors (Lipinski definition) is 2. The van der Waals surface area contributed by atoms with Crippen molar-refractivity contribution in [1.82, 2.24) is 5.32 Å². The Hall–Kier alpha value is -1.22. The molecule has 19 heavy (non-hydrogen) atoms. The number of benzene rings is 1. The van der Waals surface area contributed by atoms with Crippen LogP contribution in [0.25, 0.3) is 0 Å². The van der Waals surface area contributed by atoms with E-state index in [0.29, 0.717) is 11.6 Å². The maximum Gasteiger partial charge on any atom is 0.255 e. The molecule has 1 aliphatic carbocycles. The Bertz CT molecular complexity index is 467. The molecule has 0 saturated heterocycles. The molecular formula is C15H20ClNO2. The van der Waals surface area contributed by atoms with Crippen LogP contribution >= 0.6 is 11.6 Å². The van der Waals surface area contributed by atoms with Crippen LogP contribution in [0.1, 0.15) is 49.4 Å². The summed E-state index contributed by atoms with van der Waals surface area (Å²) in [4.78, 5) is 12.0. The molecule has 0 aromatic heterocycles. The van der Waals surface area contributed by atoms with Gasteiger partial charge in [-0.2, -0.15) is 0 Å². The van der Waals surface area contributed by atoms with E-state index in [2.05, 4.69) is 12.2 Å². The molecule has 4 heteroatoms. The molecule has 0 spiro atoms. The van der Waals surface area contributed by atoms with E-state index in [-0.39, 0.29) is 22.6 Å². The molecule has 0 aliphatic heterocycles. The number of aromatic hydroxyl groups is 1. The summed E-state index contributed by atoms with van der Waals surface area (Å²) in [5.41, 5.74) is 0.472. The van der Waals surface area contributed by atoms with Gasteiger partial charge >= 0.3 is 0 Å². The summed E-state index contributed by atoms with van der Waals surface area (Å²) in [6, 6.07) is 4.55. The summed E-state index contributed by atoms with van der Waals surface area (Å²) >= 11 is 5.75. The Morgan fingerprint density at radius 1 is 1.37 bits per heavy atom. The number of rotatable bonds is 3. The fraction of sp³-hybridized carbons (Fsp3) is 0.533. The molecule has 2 N–H and O–H groups in total. The number of amides is 1. The Kier molecular flexibility index (Phi) is 4.35. The average Bonchev–Trinajstić information content (AvgIpc) is 2.37. The van der Waals surface area contributed by atoms with Gasteiger partial charge in [0.1, 0.15) is 5.75 Å². The second-order valence-corrected chi connectivity index (χ2v) is 6.15. The number of nitrogens with one attached hydrogen (secondary N) is 1. The molecule has 3 nitrogen and oxygen atoms in total. The van der Waals surface area contributed by atoms with Gasteiger partial charge in [-0.25, -0.2) is 0 Å². The van der Waals surface area contributed by atoms with Crippen molar-refractivity contribution >= 4 is 17.5 Å². The van der Waals surface area contributed by atoms with E-state index in [9.17, 15) is 9.90 Å². The molecule has 0 unspecified atom stereocenters. The highest BCUT2D eigenvalue weighted by atomic mass is 35.5. The van der Waals surface area contributed by atoms with Gasteiger partial charge in [0.25, 0.3) is 5.91 Å². The van der Waals surface area contributed by atoms with Gasteiger partial charge in [-0.1, -0.05) is 37.8 Å². The number of carbonyl (C=O) groups excluding carboxylic acids is 1. The van der Waals surface area contributed by atoms with Crippen molar-refractivity contribution in [3.63, 3.8) is 0 Å². The van der Waals surface area contributed by atoms with E-state index < -0.39 is 0 Å². The first-order valence-electron chi connectivity index (χ1n) is 6.77. The van der Waals surface area contributed by atoms with Gasteiger partial charge in [0, 0.05) is 11.6 Å². The maximum atomic E-state index is 12.0. The van der Waals surface area contributed by atoms with Crippen LogP contribution in [-0.2, 0) is 0 Å². The smallest absolute Gasteiger partial charge is 0.255 e. The van der Waals surface area contributed by atoms with Gasteiger partial charge in [-0.15, -0.1) is 0 Å². The third-order valence-corrected chi connectivity index (χ3v) is 4.18. The first kappa shape index (κ1) is 14.2. The largest absolute Gasteiger partial charge is 0.507 e. The first-order valence-corrected chi connectivity index (χ1v) is 7.15. The predicted molar refractivity (Wildman–Crippen MR) is 76.6 cm³/mol. The van der Waals surface area contributed by atoms with Gasteiger partial charge in [-0.3, -0.25) is 4.79 Å².